The van der Waals surface area contributed by atoms with E-state index in [1.165, 1.54) is 0 Å². The van der Waals surface area contributed by atoms with Crippen molar-refractivity contribution in [2.24, 2.45) is 5.92 Å². The van der Waals surface area contributed by atoms with Crippen molar-refractivity contribution in [1.82, 2.24) is 10.3 Å². The van der Waals surface area contributed by atoms with E-state index in [-0.39, 0.29) is 18.2 Å². The van der Waals surface area contributed by atoms with Crippen molar-refractivity contribution in [1.29, 1.82) is 0 Å². The number of carbonyl (C=O) groups is 2. The molecule has 0 unspecified atom stereocenters. The van der Waals surface area contributed by atoms with Crippen LogP contribution in [0.1, 0.15) is 12.0 Å². The number of carbonyl (C=O) groups excluding carboxylic acids is 1. The summed E-state index contributed by atoms with van der Waals surface area (Å²) in [5, 5.41) is 11.8. The summed E-state index contributed by atoms with van der Waals surface area (Å²) in [4.78, 5) is 27.3. The largest absolute Gasteiger partial charge is 0.480 e. The summed E-state index contributed by atoms with van der Waals surface area (Å²) in [6.45, 7) is 0.902. The number of ether oxygens (including phenoxy) is 1. The van der Waals surface area contributed by atoms with Crippen molar-refractivity contribution >= 4 is 27.8 Å². The number of aromatic nitrogens is 1. The number of rotatable bonds is 5. The van der Waals surface area contributed by atoms with E-state index in [2.05, 4.69) is 26.2 Å². The zero-order chi connectivity index (χ0) is 14.5. The Labute approximate surface area is 124 Å². The lowest BCUT2D eigenvalue weighted by Crippen LogP contribution is -2.45. The maximum absolute atomic E-state index is 12.0. The fourth-order valence-electron chi connectivity index (χ4n) is 2.02. The molecule has 0 aliphatic carbocycles. The molecule has 1 saturated heterocycles. The first-order valence-corrected chi connectivity index (χ1v) is 7.07. The number of carboxylic acids is 1. The normalized spacial score (nSPS) is 19.6. The van der Waals surface area contributed by atoms with Crippen LogP contribution < -0.4 is 5.32 Å². The molecule has 0 aromatic carbocycles. The molecule has 2 rings (SSSR count). The van der Waals surface area contributed by atoms with E-state index in [0.29, 0.717) is 24.2 Å². The number of amides is 1. The van der Waals surface area contributed by atoms with Gasteiger partial charge in [0.2, 0.25) is 5.91 Å². The maximum atomic E-state index is 12.0. The third kappa shape index (κ3) is 3.77. The minimum absolute atomic E-state index is 0.184. The Kier molecular flexibility index (Phi) is 5.08. The molecule has 2 N–H and O–H groups in total. The first-order chi connectivity index (χ1) is 9.58. The number of nitrogens with one attached hydrogen (secondary N) is 1. The van der Waals surface area contributed by atoms with Crippen molar-refractivity contribution in [3.05, 3.63) is 28.5 Å². The lowest BCUT2D eigenvalue weighted by atomic mass is 10.0. The topological polar surface area (TPSA) is 88.5 Å². The Bertz CT molecular complexity index is 503. The molecule has 7 heteroatoms. The zero-order valence-electron chi connectivity index (χ0n) is 10.7. The van der Waals surface area contributed by atoms with Gasteiger partial charge in [0.25, 0.3) is 0 Å². The minimum Gasteiger partial charge on any atom is -0.480 e. The second-order valence-corrected chi connectivity index (χ2v) is 5.37. The van der Waals surface area contributed by atoms with Gasteiger partial charge in [-0.2, -0.15) is 0 Å². The van der Waals surface area contributed by atoms with Crippen LogP contribution in [0, 0.1) is 5.92 Å². The number of hydrogen-bond donors (Lipinski definition) is 2. The second-order valence-electron chi connectivity index (χ2n) is 4.62. The summed E-state index contributed by atoms with van der Waals surface area (Å²) in [5.41, 5.74) is 0.739. The summed E-state index contributed by atoms with van der Waals surface area (Å²) >= 11 is 3.27. The number of pyridine rings is 1. The molecule has 0 radical (unpaired) electrons. The van der Waals surface area contributed by atoms with Crippen LogP contribution in [0.15, 0.2) is 22.9 Å². The van der Waals surface area contributed by atoms with Crippen molar-refractivity contribution in [3.8, 4) is 0 Å². The molecular formula is C13H15BrN2O4. The summed E-state index contributed by atoms with van der Waals surface area (Å²) in [6.07, 6.45) is 2.43. The molecule has 1 amide bonds. The van der Waals surface area contributed by atoms with Gasteiger partial charge in [0.05, 0.1) is 12.5 Å². The van der Waals surface area contributed by atoms with Gasteiger partial charge in [-0.3, -0.25) is 4.79 Å². The van der Waals surface area contributed by atoms with E-state index in [9.17, 15) is 14.7 Å². The molecule has 20 heavy (non-hydrogen) atoms. The molecule has 0 saturated carbocycles. The minimum atomic E-state index is -1.06. The zero-order valence-corrected chi connectivity index (χ0v) is 12.3. The molecule has 1 aliphatic heterocycles. The van der Waals surface area contributed by atoms with E-state index in [4.69, 9.17) is 4.74 Å². The highest BCUT2D eigenvalue weighted by Crippen LogP contribution is 2.16. The molecule has 1 aliphatic rings. The van der Waals surface area contributed by atoms with Gasteiger partial charge in [0, 0.05) is 19.2 Å². The first kappa shape index (κ1) is 14.9. The summed E-state index contributed by atoms with van der Waals surface area (Å²) in [5.74, 6) is -1.59. The monoisotopic (exact) mass is 342 g/mol. The molecule has 108 valence electrons. The number of hydrogen-bond acceptors (Lipinski definition) is 4. The molecule has 1 fully saturated rings. The molecule has 1 aromatic heterocycles. The van der Waals surface area contributed by atoms with E-state index >= 15 is 0 Å². The van der Waals surface area contributed by atoms with Crippen molar-refractivity contribution in [2.45, 2.75) is 18.9 Å². The molecule has 6 nitrogen and oxygen atoms in total. The highest BCUT2D eigenvalue weighted by Gasteiger charge is 2.28. The predicted molar refractivity (Wildman–Crippen MR) is 74.1 cm³/mol. The van der Waals surface area contributed by atoms with Crippen LogP contribution in [-0.2, 0) is 20.7 Å². The van der Waals surface area contributed by atoms with Crippen molar-refractivity contribution < 1.29 is 19.4 Å². The summed E-state index contributed by atoms with van der Waals surface area (Å²) in [7, 11) is 0. The molecule has 1 aromatic rings. The number of halogens is 1. The fraction of sp³-hybridized carbons (Fsp3) is 0.462. The summed E-state index contributed by atoms with van der Waals surface area (Å²) < 4.78 is 5.72. The molecule has 2 heterocycles. The van der Waals surface area contributed by atoms with Gasteiger partial charge in [-0.15, -0.1) is 0 Å². The number of carboxylic acid groups (broad SMARTS) is 1. The quantitative estimate of drug-likeness (QED) is 0.779. The van der Waals surface area contributed by atoms with Crippen LogP contribution in [0.5, 0.6) is 0 Å². The van der Waals surface area contributed by atoms with Crippen LogP contribution in [-0.4, -0.2) is 41.2 Å². The standard InChI is InChI=1S/C13H15BrN2O4/c14-11-8(2-1-4-15-11)6-10(13(18)19)16-12(17)9-3-5-20-7-9/h1-2,4,9-10H,3,5-7H2,(H,16,17)(H,18,19)/t9-,10+/m1/s1. The van der Waals surface area contributed by atoms with Gasteiger partial charge in [0.1, 0.15) is 10.6 Å². The van der Waals surface area contributed by atoms with Crippen molar-refractivity contribution in [2.75, 3.05) is 13.2 Å². The first-order valence-electron chi connectivity index (χ1n) is 6.28. The van der Waals surface area contributed by atoms with Crippen LogP contribution in [0.2, 0.25) is 0 Å². The molecule has 0 spiro atoms. The van der Waals surface area contributed by atoms with E-state index < -0.39 is 12.0 Å². The molecule has 0 bridgehead atoms. The second kappa shape index (κ2) is 6.81. The van der Waals surface area contributed by atoms with Crippen LogP contribution in [0.4, 0.5) is 0 Å². The maximum Gasteiger partial charge on any atom is 0.326 e. The Morgan fingerprint density at radius 3 is 3.00 bits per heavy atom. The Balaban J connectivity index is 2.02. The van der Waals surface area contributed by atoms with Crippen LogP contribution in [0.25, 0.3) is 0 Å². The lowest BCUT2D eigenvalue weighted by molar-refractivity contribution is -0.142. The van der Waals surface area contributed by atoms with Gasteiger partial charge in [-0.1, -0.05) is 6.07 Å². The smallest absolute Gasteiger partial charge is 0.326 e. The van der Waals surface area contributed by atoms with Crippen LogP contribution >= 0.6 is 15.9 Å². The average Bonchev–Trinajstić information content (AvgIpc) is 2.94. The summed E-state index contributed by atoms with van der Waals surface area (Å²) in [6, 6.07) is 2.53. The number of aliphatic carboxylic acids is 1. The van der Waals surface area contributed by atoms with E-state index in [1.807, 2.05) is 0 Å². The lowest BCUT2D eigenvalue weighted by Gasteiger charge is -2.17. The van der Waals surface area contributed by atoms with Crippen LogP contribution in [0.3, 0.4) is 0 Å². The highest BCUT2D eigenvalue weighted by molar-refractivity contribution is 9.10. The molecule has 2 atom stereocenters. The third-order valence-electron chi connectivity index (χ3n) is 3.18. The number of nitrogens with zero attached hydrogens (tertiary/aromatic N) is 1. The van der Waals surface area contributed by atoms with E-state index in [0.717, 1.165) is 5.56 Å². The Hall–Kier alpha value is -1.47. The van der Waals surface area contributed by atoms with Crippen molar-refractivity contribution in [3.63, 3.8) is 0 Å². The SMILES string of the molecule is O=C(N[C@@H](Cc1cccnc1Br)C(=O)O)[C@@H]1CCOC1. The average molecular weight is 343 g/mol. The fourth-order valence-corrected chi connectivity index (χ4v) is 2.43. The predicted octanol–water partition coefficient (Wildman–Crippen LogP) is 0.992. The van der Waals surface area contributed by atoms with Gasteiger partial charge < -0.3 is 15.2 Å². The Morgan fingerprint density at radius 2 is 2.40 bits per heavy atom. The highest BCUT2D eigenvalue weighted by atomic mass is 79.9. The third-order valence-corrected chi connectivity index (χ3v) is 3.89. The van der Waals surface area contributed by atoms with Gasteiger partial charge in [-0.25, -0.2) is 9.78 Å². The Morgan fingerprint density at radius 1 is 1.60 bits per heavy atom. The van der Waals surface area contributed by atoms with Gasteiger partial charge >= 0.3 is 5.97 Å². The van der Waals surface area contributed by atoms with Gasteiger partial charge in [0.15, 0.2) is 0 Å². The van der Waals surface area contributed by atoms with E-state index in [1.54, 1.807) is 18.3 Å². The molecular weight excluding hydrogens is 328 g/mol. The van der Waals surface area contributed by atoms with Gasteiger partial charge in [-0.05, 0) is 34.0 Å².